The first-order valence-corrected chi connectivity index (χ1v) is 5.64. The summed E-state index contributed by atoms with van der Waals surface area (Å²) >= 11 is 0. The largest absolute Gasteiger partial charge is 0.469 e. The zero-order chi connectivity index (χ0) is 13.5. The molecule has 0 spiro atoms. The number of benzene rings is 1. The lowest BCUT2D eigenvalue weighted by atomic mass is 10.1. The van der Waals surface area contributed by atoms with Crippen molar-refractivity contribution in [1.29, 1.82) is 0 Å². The van der Waals surface area contributed by atoms with E-state index in [1.54, 1.807) is 18.2 Å². The van der Waals surface area contributed by atoms with Crippen molar-refractivity contribution in [2.45, 2.75) is 19.8 Å². The first kappa shape index (κ1) is 14.0. The topological polar surface area (TPSA) is 78.6 Å². The maximum Gasteiger partial charge on any atom is 0.338 e. The molecule has 18 heavy (non-hydrogen) atoms. The number of carbonyl (C=O) groups is 2. The van der Waals surface area contributed by atoms with Gasteiger partial charge in [-0.05, 0) is 31.0 Å². The van der Waals surface area contributed by atoms with Crippen molar-refractivity contribution in [2.24, 2.45) is 0 Å². The van der Waals surface area contributed by atoms with Crippen molar-refractivity contribution in [3.8, 4) is 0 Å². The smallest absolute Gasteiger partial charge is 0.338 e. The van der Waals surface area contributed by atoms with E-state index in [1.165, 1.54) is 7.11 Å². The minimum atomic E-state index is -0.426. The summed E-state index contributed by atoms with van der Waals surface area (Å²) in [5, 5.41) is 0. The van der Waals surface area contributed by atoms with Crippen LogP contribution in [0.1, 0.15) is 28.8 Å². The summed E-state index contributed by atoms with van der Waals surface area (Å²) < 4.78 is 9.54. The Bertz CT molecular complexity index is 443. The molecule has 0 saturated heterocycles. The molecule has 0 amide bonds. The van der Waals surface area contributed by atoms with Crippen molar-refractivity contribution in [3.05, 3.63) is 29.3 Å². The number of ether oxygens (including phenoxy) is 2. The number of nitrogens with two attached hydrogens (primary N) is 1. The van der Waals surface area contributed by atoms with Gasteiger partial charge in [0.1, 0.15) is 0 Å². The Kier molecular flexibility index (Phi) is 5.17. The summed E-state index contributed by atoms with van der Waals surface area (Å²) in [7, 11) is 1.32. The molecule has 98 valence electrons. The van der Waals surface area contributed by atoms with Crippen molar-refractivity contribution >= 4 is 17.6 Å². The maximum atomic E-state index is 11.7. The van der Waals surface area contributed by atoms with Crippen LogP contribution < -0.4 is 5.73 Å². The molecule has 0 fully saturated rings. The third-order valence-electron chi connectivity index (χ3n) is 2.47. The summed E-state index contributed by atoms with van der Waals surface area (Å²) in [6.07, 6.45) is 0.680. The summed E-state index contributed by atoms with van der Waals surface area (Å²) in [6.45, 7) is 1.99. The number of methoxy groups -OCH3 is 1. The van der Waals surface area contributed by atoms with E-state index in [4.69, 9.17) is 10.5 Å². The fraction of sp³-hybridized carbons (Fsp3) is 0.385. The molecule has 5 heteroatoms. The lowest BCUT2D eigenvalue weighted by molar-refractivity contribution is -0.140. The summed E-state index contributed by atoms with van der Waals surface area (Å²) in [5.74, 6) is -0.740. The average molecular weight is 251 g/mol. The Balaban J connectivity index is 2.46. The highest BCUT2D eigenvalue weighted by Crippen LogP contribution is 2.14. The SMILES string of the molecule is COC(=O)CCCOC(=O)c1cc(N)ccc1C. The number of anilines is 1. The molecule has 1 rings (SSSR count). The molecule has 5 nitrogen and oxygen atoms in total. The highest BCUT2D eigenvalue weighted by molar-refractivity contribution is 5.92. The zero-order valence-electron chi connectivity index (χ0n) is 10.6. The lowest BCUT2D eigenvalue weighted by Crippen LogP contribution is -2.10. The fourth-order valence-corrected chi connectivity index (χ4v) is 1.42. The maximum absolute atomic E-state index is 11.7. The number of nitrogen functional groups attached to an aromatic ring is 1. The minimum Gasteiger partial charge on any atom is -0.469 e. The Labute approximate surface area is 106 Å². The molecule has 0 atom stereocenters. The molecule has 0 radical (unpaired) electrons. The van der Waals surface area contributed by atoms with Gasteiger partial charge >= 0.3 is 11.9 Å². The number of esters is 2. The molecule has 0 unspecified atom stereocenters. The second-order valence-corrected chi connectivity index (χ2v) is 3.89. The Hall–Kier alpha value is -2.04. The summed E-state index contributed by atoms with van der Waals surface area (Å²) in [4.78, 5) is 22.6. The van der Waals surface area contributed by atoms with Gasteiger partial charge in [-0.1, -0.05) is 6.07 Å². The van der Waals surface area contributed by atoms with Crippen LogP contribution in [-0.4, -0.2) is 25.7 Å². The van der Waals surface area contributed by atoms with Crippen molar-refractivity contribution < 1.29 is 19.1 Å². The van der Waals surface area contributed by atoms with Crippen LogP contribution in [0.2, 0.25) is 0 Å². The van der Waals surface area contributed by atoms with Crippen LogP contribution in [0.4, 0.5) is 5.69 Å². The molecule has 0 saturated carbocycles. The minimum absolute atomic E-state index is 0.183. The van der Waals surface area contributed by atoms with Crippen molar-refractivity contribution in [1.82, 2.24) is 0 Å². The molecule has 1 aromatic rings. The first-order valence-electron chi connectivity index (χ1n) is 5.64. The van der Waals surface area contributed by atoms with Crippen molar-refractivity contribution in [2.75, 3.05) is 19.5 Å². The molecule has 0 aliphatic rings. The van der Waals surface area contributed by atoms with Gasteiger partial charge in [0.05, 0.1) is 19.3 Å². The van der Waals surface area contributed by atoms with E-state index in [9.17, 15) is 9.59 Å². The van der Waals surface area contributed by atoms with Gasteiger partial charge in [0, 0.05) is 12.1 Å². The molecule has 1 aromatic carbocycles. The lowest BCUT2D eigenvalue weighted by Gasteiger charge is -2.07. The third kappa shape index (κ3) is 4.08. The second-order valence-electron chi connectivity index (χ2n) is 3.89. The molecule has 0 aromatic heterocycles. The second kappa shape index (κ2) is 6.64. The fourth-order valence-electron chi connectivity index (χ4n) is 1.42. The third-order valence-corrected chi connectivity index (χ3v) is 2.47. The molecule has 0 bridgehead atoms. The monoisotopic (exact) mass is 251 g/mol. The number of carbonyl (C=O) groups excluding carboxylic acids is 2. The van der Waals surface area contributed by atoms with Crippen LogP contribution in [0, 0.1) is 6.92 Å². The molecule has 0 heterocycles. The predicted molar refractivity (Wildman–Crippen MR) is 67.1 cm³/mol. The summed E-state index contributed by atoms with van der Waals surface area (Å²) in [6, 6.07) is 5.07. The van der Waals surface area contributed by atoms with Gasteiger partial charge in [-0.3, -0.25) is 4.79 Å². The van der Waals surface area contributed by atoms with Crippen LogP contribution in [0.5, 0.6) is 0 Å². The van der Waals surface area contributed by atoms with Gasteiger partial charge < -0.3 is 15.2 Å². The van der Waals surface area contributed by atoms with Gasteiger partial charge in [0.25, 0.3) is 0 Å². The van der Waals surface area contributed by atoms with Gasteiger partial charge in [-0.25, -0.2) is 4.79 Å². The van der Waals surface area contributed by atoms with Gasteiger partial charge in [-0.2, -0.15) is 0 Å². The van der Waals surface area contributed by atoms with E-state index in [0.717, 1.165) is 5.56 Å². The summed E-state index contributed by atoms with van der Waals surface area (Å²) in [5.41, 5.74) is 7.38. The molecule has 2 N–H and O–H groups in total. The average Bonchev–Trinajstić information content (AvgIpc) is 2.36. The number of hydrogen-bond acceptors (Lipinski definition) is 5. The van der Waals surface area contributed by atoms with E-state index in [1.807, 2.05) is 6.92 Å². The van der Waals surface area contributed by atoms with Crippen LogP contribution in [0.3, 0.4) is 0 Å². The van der Waals surface area contributed by atoms with Crippen LogP contribution in [0.25, 0.3) is 0 Å². The standard InChI is InChI=1S/C13H17NO4/c1-9-5-6-10(14)8-11(9)13(16)18-7-3-4-12(15)17-2/h5-6,8H,3-4,7,14H2,1-2H3. The highest BCUT2D eigenvalue weighted by Gasteiger charge is 2.11. The van der Waals surface area contributed by atoms with Gasteiger partial charge in [0.2, 0.25) is 0 Å². The molecule has 0 aliphatic carbocycles. The van der Waals surface area contributed by atoms with Crippen LogP contribution >= 0.6 is 0 Å². The van der Waals surface area contributed by atoms with E-state index in [2.05, 4.69) is 4.74 Å². The van der Waals surface area contributed by atoms with E-state index in [-0.39, 0.29) is 19.0 Å². The number of rotatable bonds is 5. The molecular weight excluding hydrogens is 234 g/mol. The highest BCUT2D eigenvalue weighted by atomic mass is 16.5. The predicted octanol–water partition coefficient (Wildman–Crippen LogP) is 1.69. The first-order chi connectivity index (χ1) is 8.54. The number of hydrogen-bond donors (Lipinski definition) is 1. The Morgan fingerprint density at radius 1 is 1.33 bits per heavy atom. The normalized spacial score (nSPS) is 9.89. The van der Waals surface area contributed by atoms with E-state index in [0.29, 0.717) is 17.7 Å². The van der Waals surface area contributed by atoms with Crippen LogP contribution in [-0.2, 0) is 14.3 Å². The quantitative estimate of drug-likeness (QED) is 0.489. The van der Waals surface area contributed by atoms with Gasteiger partial charge in [0.15, 0.2) is 0 Å². The van der Waals surface area contributed by atoms with E-state index >= 15 is 0 Å². The van der Waals surface area contributed by atoms with Crippen molar-refractivity contribution in [3.63, 3.8) is 0 Å². The number of aryl methyl sites for hydroxylation is 1. The molecular formula is C13H17NO4. The van der Waals surface area contributed by atoms with E-state index < -0.39 is 5.97 Å². The van der Waals surface area contributed by atoms with Crippen LogP contribution in [0.15, 0.2) is 18.2 Å². The Morgan fingerprint density at radius 2 is 2.06 bits per heavy atom. The molecule has 0 aliphatic heterocycles. The van der Waals surface area contributed by atoms with Gasteiger partial charge in [-0.15, -0.1) is 0 Å². The zero-order valence-corrected chi connectivity index (χ0v) is 10.6. The Morgan fingerprint density at radius 3 is 2.72 bits per heavy atom.